The molecule has 1 aliphatic carbocycles. The fourth-order valence-electron chi connectivity index (χ4n) is 1.33. The Kier molecular flexibility index (Phi) is 2.49. The summed E-state index contributed by atoms with van der Waals surface area (Å²) in [5.74, 6) is 0.596. The summed E-state index contributed by atoms with van der Waals surface area (Å²) in [4.78, 5) is 8.55. The van der Waals surface area contributed by atoms with E-state index < -0.39 is 0 Å². The van der Waals surface area contributed by atoms with Crippen molar-refractivity contribution in [2.45, 2.75) is 18.9 Å². The molecule has 3 rings (SSSR count). The summed E-state index contributed by atoms with van der Waals surface area (Å²) in [7, 11) is 0. The molecular formula is C10H9ClN4S. The molecule has 0 saturated heterocycles. The SMILES string of the molecule is Clc1cccnc1-c1nsc(NC2CC2)n1. The highest BCUT2D eigenvalue weighted by molar-refractivity contribution is 7.09. The van der Waals surface area contributed by atoms with Crippen molar-refractivity contribution in [3.63, 3.8) is 0 Å². The van der Waals surface area contributed by atoms with Gasteiger partial charge in [-0.15, -0.1) is 0 Å². The number of hydrogen-bond acceptors (Lipinski definition) is 5. The van der Waals surface area contributed by atoms with Gasteiger partial charge in [-0.3, -0.25) is 4.98 Å². The lowest BCUT2D eigenvalue weighted by Gasteiger charge is -1.97. The van der Waals surface area contributed by atoms with Crippen LogP contribution >= 0.6 is 23.1 Å². The summed E-state index contributed by atoms with van der Waals surface area (Å²) < 4.78 is 4.25. The summed E-state index contributed by atoms with van der Waals surface area (Å²) >= 11 is 7.38. The molecule has 6 heteroatoms. The van der Waals surface area contributed by atoms with Crippen molar-refractivity contribution >= 4 is 28.3 Å². The van der Waals surface area contributed by atoms with E-state index in [0.717, 1.165) is 5.13 Å². The maximum absolute atomic E-state index is 6.03. The first-order valence-corrected chi connectivity index (χ1v) is 6.19. The second kappa shape index (κ2) is 3.99. The summed E-state index contributed by atoms with van der Waals surface area (Å²) in [6.07, 6.45) is 4.13. The third-order valence-electron chi connectivity index (χ3n) is 2.30. The Morgan fingerprint density at radius 2 is 2.31 bits per heavy atom. The Bertz CT molecular complexity index is 509. The third-order valence-corrected chi connectivity index (χ3v) is 3.25. The highest BCUT2D eigenvalue weighted by Gasteiger charge is 2.22. The minimum absolute atomic E-state index is 0.582. The van der Waals surface area contributed by atoms with Crippen LogP contribution in [0.4, 0.5) is 5.13 Å². The molecule has 82 valence electrons. The van der Waals surface area contributed by atoms with E-state index >= 15 is 0 Å². The number of nitrogens with one attached hydrogen (secondary N) is 1. The van der Waals surface area contributed by atoms with E-state index in [-0.39, 0.29) is 0 Å². The van der Waals surface area contributed by atoms with Crippen LogP contribution in [-0.2, 0) is 0 Å². The summed E-state index contributed by atoms with van der Waals surface area (Å²) in [6.45, 7) is 0. The predicted octanol–water partition coefficient (Wildman–Crippen LogP) is 2.83. The number of anilines is 1. The van der Waals surface area contributed by atoms with E-state index in [0.29, 0.717) is 22.6 Å². The van der Waals surface area contributed by atoms with Crippen molar-refractivity contribution in [3.05, 3.63) is 23.4 Å². The minimum Gasteiger partial charge on any atom is -0.358 e. The second-order valence-corrected chi connectivity index (χ2v) is 4.83. The number of nitrogens with zero attached hydrogens (tertiary/aromatic N) is 3. The molecule has 0 aromatic carbocycles. The van der Waals surface area contributed by atoms with E-state index in [1.54, 1.807) is 18.3 Å². The molecule has 0 radical (unpaired) electrons. The Balaban J connectivity index is 1.88. The van der Waals surface area contributed by atoms with Crippen LogP contribution in [0.1, 0.15) is 12.8 Å². The molecule has 0 amide bonds. The first kappa shape index (κ1) is 9.99. The zero-order valence-electron chi connectivity index (χ0n) is 8.35. The number of rotatable bonds is 3. The van der Waals surface area contributed by atoms with Gasteiger partial charge in [-0.05, 0) is 25.0 Å². The zero-order valence-corrected chi connectivity index (χ0v) is 9.92. The monoisotopic (exact) mass is 252 g/mol. The van der Waals surface area contributed by atoms with Crippen LogP contribution in [0.25, 0.3) is 11.5 Å². The van der Waals surface area contributed by atoms with Crippen molar-refractivity contribution in [1.82, 2.24) is 14.3 Å². The van der Waals surface area contributed by atoms with Gasteiger partial charge in [-0.25, -0.2) is 0 Å². The van der Waals surface area contributed by atoms with Gasteiger partial charge in [0.05, 0.1) is 5.02 Å². The molecular weight excluding hydrogens is 244 g/mol. The van der Waals surface area contributed by atoms with Crippen LogP contribution in [0.5, 0.6) is 0 Å². The first-order chi connectivity index (χ1) is 7.83. The van der Waals surface area contributed by atoms with Gasteiger partial charge < -0.3 is 5.32 Å². The number of hydrogen-bond donors (Lipinski definition) is 1. The van der Waals surface area contributed by atoms with Gasteiger partial charge >= 0.3 is 0 Å². The van der Waals surface area contributed by atoms with Gasteiger partial charge in [0.25, 0.3) is 0 Å². The van der Waals surface area contributed by atoms with Crippen LogP contribution in [0.15, 0.2) is 18.3 Å². The van der Waals surface area contributed by atoms with Gasteiger partial charge in [-0.2, -0.15) is 9.36 Å². The van der Waals surface area contributed by atoms with E-state index in [1.165, 1.54) is 24.4 Å². The molecule has 4 nitrogen and oxygen atoms in total. The summed E-state index contributed by atoms with van der Waals surface area (Å²) in [6, 6.07) is 4.17. The van der Waals surface area contributed by atoms with Crippen molar-refractivity contribution < 1.29 is 0 Å². The number of pyridine rings is 1. The van der Waals surface area contributed by atoms with Crippen LogP contribution in [0.3, 0.4) is 0 Å². The minimum atomic E-state index is 0.582. The molecule has 16 heavy (non-hydrogen) atoms. The number of aromatic nitrogens is 3. The standard InChI is InChI=1S/C10H9ClN4S/c11-7-2-1-5-12-8(7)9-14-10(16-15-9)13-6-3-4-6/h1-2,5-6H,3-4H2,(H,13,14,15). The fourth-order valence-corrected chi connectivity index (χ4v) is 2.18. The topological polar surface area (TPSA) is 50.7 Å². The Hall–Kier alpha value is -1.20. The van der Waals surface area contributed by atoms with Crippen LogP contribution in [0, 0.1) is 0 Å². The number of halogens is 1. The average Bonchev–Trinajstić information content (AvgIpc) is 2.97. The molecule has 0 aliphatic heterocycles. The Morgan fingerprint density at radius 3 is 3.06 bits per heavy atom. The molecule has 2 heterocycles. The van der Waals surface area contributed by atoms with Crippen molar-refractivity contribution in [2.75, 3.05) is 5.32 Å². The molecule has 0 spiro atoms. The lowest BCUT2D eigenvalue weighted by molar-refractivity contribution is 1.13. The molecule has 1 N–H and O–H groups in total. The smallest absolute Gasteiger partial charge is 0.203 e. The zero-order chi connectivity index (χ0) is 11.0. The molecule has 0 unspecified atom stereocenters. The van der Waals surface area contributed by atoms with Crippen molar-refractivity contribution in [2.24, 2.45) is 0 Å². The van der Waals surface area contributed by atoms with Crippen LogP contribution < -0.4 is 5.32 Å². The predicted molar refractivity (Wildman–Crippen MR) is 64.8 cm³/mol. The summed E-state index contributed by atoms with van der Waals surface area (Å²) in [5, 5.41) is 4.73. The molecule has 2 aromatic heterocycles. The van der Waals surface area contributed by atoms with Crippen molar-refractivity contribution in [3.8, 4) is 11.5 Å². The maximum Gasteiger partial charge on any atom is 0.203 e. The van der Waals surface area contributed by atoms with E-state index in [4.69, 9.17) is 11.6 Å². The average molecular weight is 253 g/mol. The van der Waals surface area contributed by atoms with E-state index in [9.17, 15) is 0 Å². The van der Waals surface area contributed by atoms with E-state index in [2.05, 4.69) is 19.7 Å². The van der Waals surface area contributed by atoms with Crippen LogP contribution in [-0.4, -0.2) is 20.4 Å². The lowest BCUT2D eigenvalue weighted by atomic mass is 10.3. The molecule has 1 fully saturated rings. The van der Waals surface area contributed by atoms with Gasteiger partial charge in [-0.1, -0.05) is 11.6 Å². The summed E-state index contributed by atoms with van der Waals surface area (Å²) in [5.41, 5.74) is 0.643. The normalized spacial score (nSPS) is 15.1. The van der Waals surface area contributed by atoms with Gasteiger partial charge in [0.2, 0.25) is 5.13 Å². The molecule has 0 atom stereocenters. The molecule has 0 bridgehead atoms. The first-order valence-electron chi connectivity index (χ1n) is 5.04. The highest BCUT2D eigenvalue weighted by Crippen LogP contribution is 2.29. The Labute approximate surface area is 102 Å². The largest absolute Gasteiger partial charge is 0.358 e. The molecule has 1 saturated carbocycles. The molecule has 1 aliphatic rings. The lowest BCUT2D eigenvalue weighted by Crippen LogP contribution is -1.99. The van der Waals surface area contributed by atoms with Gasteiger partial charge in [0, 0.05) is 23.8 Å². The quantitative estimate of drug-likeness (QED) is 0.913. The highest BCUT2D eigenvalue weighted by atomic mass is 35.5. The van der Waals surface area contributed by atoms with Crippen LogP contribution in [0.2, 0.25) is 5.02 Å². The van der Waals surface area contributed by atoms with Gasteiger partial charge in [0.1, 0.15) is 5.69 Å². The maximum atomic E-state index is 6.03. The molecule has 2 aromatic rings. The van der Waals surface area contributed by atoms with Gasteiger partial charge in [0.15, 0.2) is 5.82 Å². The third kappa shape index (κ3) is 2.01. The Morgan fingerprint density at radius 1 is 1.44 bits per heavy atom. The van der Waals surface area contributed by atoms with E-state index in [1.807, 2.05) is 0 Å². The van der Waals surface area contributed by atoms with Crippen molar-refractivity contribution in [1.29, 1.82) is 0 Å². The second-order valence-electron chi connectivity index (χ2n) is 3.68. The fraction of sp³-hybridized carbons (Fsp3) is 0.300.